The molecule has 1 fully saturated rings. The highest BCUT2D eigenvalue weighted by Gasteiger charge is 2.25. The molecule has 1 aliphatic rings. The summed E-state index contributed by atoms with van der Waals surface area (Å²) in [6, 6.07) is 6.26. The van der Waals surface area contributed by atoms with Gasteiger partial charge in [-0.3, -0.25) is 4.99 Å². The Kier molecular flexibility index (Phi) is 8.43. The van der Waals surface area contributed by atoms with Gasteiger partial charge in [0.1, 0.15) is 5.82 Å². The van der Waals surface area contributed by atoms with E-state index in [1.165, 1.54) is 5.56 Å². The normalized spacial score (nSPS) is 18.3. The number of rotatable bonds is 5. The van der Waals surface area contributed by atoms with E-state index in [4.69, 9.17) is 11.6 Å². The van der Waals surface area contributed by atoms with E-state index in [1.807, 2.05) is 19.2 Å². The van der Waals surface area contributed by atoms with Crippen LogP contribution in [0, 0.1) is 0 Å². The molecule has 0 saturated carbocycles. The fourth-order valence-electron chi connectivity index (χ4n) is 2.99. The van der Waals surface area contributed by atoms with E-state index in [1.54, 1.807) is 17.5 Å². The number of guanidine groups is 1. The molecule has 2 aromatic rings. The lowest BCUT2D eigenvalue weighted by atomic mass is 10.1. The predicted molar refractivity (Wildman–Crippen MR) is 123 cm³/mol. The molecule has 5 nitrogen and oxygen atoms in total. The average Bonchev–Trinajstić information content (AvgIpc) is 3.30. The second-order valence-electron chi connectivity index (χ2n) is 6.30. The molecule has 0 aliphatic carbocycles. The van der Waals surface area contributed by atoms with E-state index in [2.05, 4.69) is 49.3 Å². The van der Waals surface area contributed by atoms with Crippen LogP contribution < -0.4 is 15.5 Å². The topological polar surface area (TPSA) is 52.6 Å². The maximum atomic E-state index is 6.26. The van der Waals surface area contributed by atoms with Crippen LogP contribution in [0.3, 0.4) is 0 Å². The van der Waals surface area contributed by atoms with Gasteiger partial charge >= 0.3 is 0 Å². The van der Waals surface area contributed by atoms with Gasteiger partial charge in [-0.15, -0.1) is 24.0 Å². The number of hydrogen-bond donors (Lipinski definition) is 2. The minimum atomic E-state index is 0. The van der Waals surface area contributed by atoms with E-state index in [9.17, 15) is 0 Å². The molecule has 0 spiro atoms. The SMILES string of the molecule is CN=C(NCC(C)c1ccsc1)NC1CCN(c2ncccc2Cl)C1.I. The van der Waals surface area contributed by atoms with Gasteiger partial charge in [0.25, 0.3) is 0 Å². The molecule has 0 bridgehead atoms. The number of halogens is 2. The van der Waals surface area contributed by atoms with Gasteiger partial charge in [0.2, 0.25) is 0 Å². The van der Waals surface area contributed by atoms with Crippen LogP contribution in [0.25, 0.3) is 0 Å². The van der Waals surface area contributed by atoms with E-state index in [0.29, 0.717) is 17.0 Å². The summed E-state index contributed by atoms with van der Waals surface area (Å²) in [5.41, 5.74) is 1.37. The number of hydrogen-bond acceptors (Lipinski definition) is 4. The van der Waals surface area contributed by atoms with Crippen molar-refractivity contribution in [1.29, 1.82) is 0 Å². The summed E-state index contributed by atoms with van der Waals surface area (Å²) in [5, 5.41) is 12.0. The summed E-state index contributed by atoms with van der Waals surface area (Å²) in [6.07, 6.45) is 2.82. The van der Waals surface area contributed by atoms with Crippen LogP contribution in [0.15, 0.2) is 40.1 Å². The molecule has 0 amide bonds. The molecular weight excluding hydrogens is 481 g/mol. The number of thiophene rings is 1. The Hall–Kier alpha value is -1.06. The fraction of sp³-hybridized carbons (Fsp3) is 0.444. The fourth-order valence-corrected chi connectivity index (χ4v) is 4.01. The van der Waals surface area contributed by atoms with Gasteiger partial charge in [-0.05, 0) is 46.9 Å². The Morgan fingerprint density at radius 1 is 1.50 bits per heavy atom. The number of aromatic nitrogens is 1. The molecule has 2 aromatic heterocycles. The van der Waals surface area contributed by atoms with Crippen LogP contribution in [0.4, 0.5) is 5.82 Å². The molecule has 26 heavy (non-hydrogen) atoms. The van der Waals surface area contributed by atoms with Crippen molar-refractivity contribution in [2.45, 2.75) is 25.3 Å². The number of nitrogens with one attached hydrogen (secondary N) is 2. The highest BCUT2D eigenvalue weighted by atomic mass is 127. The molecule has 1 saturated heterocycles. The van der Waals surface area contributed by atoms with Crippen LogP contribution in [-0.2, 0) is 0 Å². The van der Waals surface area contributed by atoms with E-state index < -0.39 is 0 Å². The van der Waals surface area contributed by atoms with Crippen molar-refractivity contribution in [2.75, 3.05) is 31.6 Å². The average molecular weight is 506 g/mol. The summed E-state index contributed by atoms with van der Waals surface area (Å²) in [7, 11) is 1.81. The van der Waals surface area contributed by atoms with Crippen molar-refractivity contribution >= 4 is 58.7 Å². The van der Waals surface area contributed by atoms with Gasteiger partial charge < -0.3 is 15.5 Å². The van der Waals surface area contributed by atoms with Crippen molar-refractivity contribution in [2.24, 2.45) is 4.99 Å². The Labute approximate surface area is 181 Å². The molecular formula is C18H25ClIN5S. The summed E-state index contributed by atoms with van der Waals surface area (Å²) < 4.78 is 0. The lowest BCUT2D eigenvalue weighted by Crippen LogP contribution is -2.45. The van der Waals surface area contributed by atoms with Gasteiger partial charge in [-0.2, -0.15) is 11.3 Å². The second-order valence-corrected chi connectivity index (χ2v) is 7.48. The largest absolute Gasteiger partial charge is 0.356 e. The van der Waals surface area contributed by atoms with E-state index in [0.717, 1.165) is 37.8 Å². The van der Waals surface area contributed by atoms with Gasteiger partial charge in [0.15, 0.2) is 5.96 Å². The zero-order chi connectivity index (χ0) is 17.6. The van der Waals surface area contributed by atoms with Gasteiger partial charge in [0.05, 0.1) is 5.02 Å². The maximum Gasteiger partial charge on any atom is 0.191 e. The molecule has 3 rings (SSSR count). The molecule has 1 aliphatic heterocycles. The van der Waals surface area contributed by atoms with Gasteiger partial charge in [0, 0.05) is 38.9 Å². The zero-order valence-corrected chi connectivity index (χ0v) is 18.9. The van der Waals surface area contributed by atoms with Gasteiger partial charge in [-0.1, -0.05) is 18.5 Å². The monoisotopic (exact) mass is 505 g/mol. The summed E-state index contributed by atoms with van der Waals surface area (Å²) >= 11 is 8.00. The summed E-state index contributed by atoms with van der Waals surface area (Å²) in [6.45, 7) is 4.90. The number of nitrogens with zero attached hydrogens (tertiary/aromatic N) is 3. The minimum absolute atomic E-state index is 0. The lowest BCUT2D eigenvalue weighted by Gasteiger charge is -2.21. The third-order valence-corrected chi connectivity index (χ3v) is 5.48. The molecule has 2 atom stereocenters. The highest BCUT2D eigenvalue weighted by molar-refractivity contribution is 14.0. The third-order valence-electron chi connectivity index (χ3n) is 4.48. The molecule has 8 heteroatoms. The van der Waals surface area contributed by atoms with E-state index >= 15 is 0 Å². The molecule has 3 heterocycles. The lowest BCUT2D eigenvalue weighted by molar-refractivity contribution is 0.634. The number of anilines is 1. The van der Waals surface area contributed by atoms with Crippen molar-refractivity contribution in [1.82, 2.24) is 15.6 Å². The van der Waals surface area contributed by atoms with Crippen molar-refractivity contribution in [3.05, 3.63) is 45.7 Å². The van der Waals surface area contributed by atoms with Crippen LogP contribution in [0.5, 0.6) is 0 Å². The molecule has 2 unspecified atom stereocenters. The van der Waals surface area contributed by atoms with Crippen LogP contribution in [0.1, 0.15) is 24.8 Å². The first-order valence-corrected chi connectivity index (χ1v) is 9.84. The molecule has 2 N–H and O–H groups in total. The second kappa shape index (κ2) is 10.3. The third kappa shape index (κ3) is 5.47. The Morgan fingerprint density at radius 3 is 3.04 bits per heavy atom. The van der Waals surface area contributed by atoms with Crippen LogP contribution >= 0.6 is 46.9 Å². The first-order chi connectivity index (χ1) is 12.2. The molecule has 0 aromatic carbocycles. The standard InChI is InChI=1S/C18H24ClN5S.HI/c1-13(14-6-9-25-12-14)10-22-18(20-2)23-15-5-8-24(11-15)17-16(19)4-3-7-21-17;/h3-4,6-7,9,12-13,15H,5,8,10-11H2,1-2H3,(H2,20,22,23);1H. The van der Waals surface area contributed by atoms with Gasteiger partial charge in [-0.25, -0.2) is 4.98 Å². The predicted octanol–water partition coefficient (Wildman–Crippen LogP) is 3.96. The van der Waals surface area contributed by atoms with Crippen LogP contribution in [0.2, 0.25) is 5.02 Å². The smallest absolute Gasteiger partial charge is 0.191 e. The number of pyridine rings is 1. The Bertz CT molecular complexity index is 709. The summed E-state index contributed by atoms with van der Waals surface area (Å²) in [4.78, 5) is 11.0. The van der Waals surface area contributed by atoms with Crippen molar-refractivity contribution < 1.29 is 0 Å². The Morgan fingerprint density at radius 2 is 2.35 bits per heavy atom. The zero-order valence-electron chi connectivity index (χ0n) is 15.0. The quantitative estimate of drug-likeness (QED) is 0.367. The highest BCUT2D eigenvalue weighted by Crippen LogP contribution is 2.25. The maximum absolute atomic E-state index is 6.26. The molecule has 142 valence electrons. The number of aliphatic imine (C=N–C) groups is 1. The minimum Gasteiger partial charge on any atom is -0.356 e. The first-order valence-electron chi connectivity index (χ1n) is 8.52. The summed E-state index contributed by atoms with van der Waals surface area (Å²) in [5.74, 6) is 2.17. The van der Waals surface area contributed by atoms with E-state index in [-0.39, 0.29) is 24.0 Å². The van der Waals surface area contributed by atoms with Crippen molar-refractivity contribution in [3.63, 3.8) is 0 Å². The van der Waals surface area contributed by atoms with Crippen LogP contribution in [-0.4, -0.2) is 43.7 Å². The first kappa shape index (κ1) is 21.2. The Balaban J connectivity index is 0.00000243. The van der Waals surface area contributed by atoms with Crippen molar-refractivity contribution in [3.8, 4) is 0 Å². The molecule has 0 radical (unpaired) electrons.